The van der Waals surface area contributed by atoms with Crippen LogP contribution in [0.1, 0.15) is 25.4 Å². The molecule has 7 nitrogen and oxygen atoms in total. The van der Waals surface area contributed by atoms with E-state index in [9.17, 15) is 4.79 Å². The highest BCUT2D eigenvalue weighted by Gasteiger charge is 2.18. The van der Waals surface area contributed by atoms with Gasteiger partial charge in [-0.25, -0.2) is 4.99 Å². The lowest BCUT2D eigenvalue weighted by Gasteiger charge is -2.05. The molecule has 0 radical (unpaired) electrons. The average molecular weight is 471 g/mol. The molecule has 2 heterocycles. The van der Waals surface area contributed by atoms with Crippen LogP contribution >= 0.6 is 0 Å². The monoisotopic (exact) mass is 470 g/mol. The summed E-state index contributed by atoms with van der Waals surface area (Å²) in [7, 11) is 0. The van der Waals surface area contributed by atoms with E-state index in [2.05, 4.69) is 5.32 Å². The molecule has 0 fully saturated rings. The minimum Gasteiger partial charge on any atom is -0.493 e. The highest BCUT2D eigenvalue weighted by Crippen LogP contribution is 2.38. The Bertz CT molecular complexity index is 1500. The van der Waals surface area contributed by atoms with Gasteiger partial charge in [-0.2, -0.15) is 0 Å². The molecule has 5 rings (SSSR count). The number of hydrogen-bond donors (Lipinski definition) is 1. The lowest BCUT2D eigenvalue weighted by Crippen LogP contribution is -2.05. The van der Waals surface area contributed by atoms with Crippen LogP contribution < -0.4 is 24.9 Å². The van der Waals surface area contributed by atoms with Crippen molar-refractivity contribution in [2.75, 3.05) is 18.7 Å². The molecule has 3 aromatic carbocycles. The predicted molar refractivity (Wildman–Crippen MR) is 134 cm³/mol. The van der Waals surface area contributed by atoms with Gasteiger partial charge in [-0.05, 0) is 80.4 Å². The molecule has 0 saturated heterocycles. The number of carbonyl (C=O) groups is 1. The van der Waals surface area contributed by atoms with Crippen LogP contribution in [0.25, 0.3) is 21.9 Å². The van der Waals surface area contributed by atoms with Crippen LogP contribution in [0.15, 0.2) is 64.0 Å². The molecule has 1 aliphatic heterocycles. The molecule has 0 atom stereocenters. The fourth-order valence-electron chi connectivity index (χ4n) is 4.33. The Hall–Kier alpha value is -4.26. The Labute approximate surface area is 203 Å². The zero-order chi connectivity index (χ0) is 24.5. The summed E-state index contributed by atoms with van der Waals surface area (Å²) in [5, 5.41) is 5.32. The van der Waals surface area contributed by atoms with Crippen LogP contribution in [0.2, 0.25) is 0 Å². The van der Waals surface area contributed by atoms with Crippen molar-refractivity contribution in [1.82, 2.24) is 0 Å². The molecular formula is C28H26N2O5. The van der Waals surface area contributed by atoms with Gasteiger partial charge in [0.2, 0.25) is 12.7 Å². The van der Waals surface area contributed by atoms with Crippen molar-refractivity contribution in [3.8, 4) is 28.4 Å². The maximum atomic E-state index is 11.4. The van der Waals surface area contributed by atoms with E-state index in [0.717, 1.165) is 61.7 Å². The Morgan fingerprint density at radius 1 is 0.943 bits per heavy atom. The van der Waals surface area contributed by atoms with E-state index in [0.29, 0.717) is 12.4 Å². The summed E-state index contributed by atoms with van der Waals surface area (Å²) >= 11 is 0. The Morgan fingerprint density at radius 3 is 2.43 bits per heavy atom. The van der Waals surface area contributed by atoms with Gasteiger partial charge in [0.05, 0.1) is 28.4 Å². The van der Waals surface area contributed by atoms with Crippen LogP contribution in [0.3, 0.4) is 0 Å². The SMILES string of the molecule is CCOc1cc(-c2ccc3c(c2)OCO3)cc(=Nc2ccc(NC(C)=O)cc2)c2c(C)oc(C)c12. The van der Waals surface area contributed by atoms with E-state index in [1.165, 1.54) is 6.92 Å². The average Bonchev–Trinajstić information content (AvgIpc) is 3.36. The number of anilines is 1. The lowest BCUT2D eigenvalue weighted by atomic mass is 10.1. The summed E-state index contributed by atoms with van der Waals surface area (Å²) < 4.78 is 23.2. The molecule has 4 aromatic rings. The minimum absolute atomic E-state index is 0.118. The Kier molecular flexibility index (Phi) is 5.91. The summed E-state index contributed by atoms with van der Waals surface area (Å²) in [6, 6.07) is 17.3. The van der Waals surface area contributed by atoms with Crippen molar-refractivity contribution in [1.29, 1.82) is 0 Å². The first-order valence-corrected chi connectivity index (χ1v) is 11.5. The number of ether oxygens (including phenoxy) is 3. The van der Waals surface area contributed by atoms with Gasteiger partial charge in [0.1, 0.15) is 17.3 Å². The number of rotatable bonds is 5. The first-order valence-electron chi connectivity index (χ1n) is 11.5. The topological polar surface area (TPSA) is 82.3 Å². The number of fused-ring (bicyclic) bond motifs is 2. The van der Waals surface area contributed by atoms with Gasteiger partial charge < -0.3 is 23.9 Å². The van der Waals surface area contributed by atoms with Crippen LogP contribution in [-0.2, 0) is 4.79 Å². The first kappa shape index (κ1) is 22.5. The molecular weight excluding hydrogens is 444 g/mol. The van der Waals surface area contributed by atoms with E-state index < -0.39 is 0 Å². The molecule has 0 saturated carbocycles. The van der Waals surface area contributed by atoms with E-state index in [-0.39, 0.29) is 12.7 Å². The molecule has 1 aliphatic rings. The fraction of sp³-hybridized carbons (Fsp3) is 0.214. The second-order valence-corrected chi connectivity index (χ2v) is 8.30. The number of furan rings is 1. The third-order valence-corrected chi connectivity index (χ3v) is 5.78. The number of benzene rings is 2. The number of amides is 1. The third kappa shape index (κ3) is 4.45. The largest absolute Gasteiger partial charge is 0.493 e. The summed E-state index contributed by atoms with van der Waals surface area (Å²) in [6.45, 7) is 8.04. The summed E-state index contributed by atoms with van der Waals surface area (Å²) in [4.78, 5) is 16.3. The standard InChI is InChI=1S/C28H26N2O5/c1-5-32-26-14-20(19-6-11-24-25(13-19)34-15-33-24)12-23(27-16(2)35-17(3)28(26)27)30-22-9-7-21(8-10-22)29-18(4)31/h6-14H,5,15H2,1-4H3,(H,29,31). The summed E-state index contributed by atoms with van der Waals surface area (Å²) in [5.41, 5.74) is 3.35. The zero-order valence-corrected chi connectivity index (χ0v) is 20.1. The maximum absolute atomic E-state index is 11.4. The molecule has 1 aromatic heterocycles. The van der Waals surface area contributed by atoms with E-state index in [4.69, 9.17) is 23.6 Å². The smallest absolute Gasteiger partial charge is 0.231 e. The van der Waals surface area contributed by atoms with Gasteiger partial charge in [-0.3, -0.25) is 4.79 Å². The molecule has 0 aliphatic carbocycles. The maximum Gasteiger partial charge on any atom is 0.231 e. The molecule has 0 spiro atoms. The van der Waals surface area contributed by atoms with Gasteiger partial charge in [0, 0.05) is 12.6 Å². The summed E-state index contributed by atoms with van der Waals surface area (Å²) in [6.07, 6.45) is 0. The normalized spacial score (nSPS) is 12.7. The van der Waals surface area contributed by atoms with Crippen LogP contribution in [0.5, 0.6) is 17.2 Å². The van der Waals surface area contributed by atoms with Crippen LogP contribution in [0.4, 0.5) is 11.4 Å². The van der Waals surface area contributed by atoms with Gasteiger partial charge in [0.15, 0.2) is 11.5 Å². The van der Waals surface area contributed by atoms with E-state index in [1.54, 1.807) is 0 Å². The molecule has 178 valence electrons. The fourth-order valence-corrected chi connectivity index (χ4v) is 4.33. The Morgan fingerprint density at radius 2 is 1.69 bits per heavy atom. The van der Waals surface area contributed by atoms with Crippen LogP contribution in [-0.4, -0.2) is 19.3 Å². The quantitative estimate of drug-likeness (QED) is 0.385. The summed E-state index contributed by atoms with van der Waals surface area (Å²) in [5.74, 6) is 3.58. The number of carbonyl (C=O) groups excluding carboxylic acids is 1. The first-order chi connectivity index (χ1) is 16.9. The van der Waals surface area contributed by atoms with Gasteiger partial charge >= 0.3 is 0 Å². The third-order valence-electron chi connectivity index (χ3n) is 5.78. The molecule has 7 heteroatoms. The number of nitrogens with one attached hydrogen (secondary N) is 1. The van der Waals surface area contributed by atoms with Crippen molar-refractivity contribution in [2.24, 2.45) is 4.99 Å². The molecule has 0 unspecified atom stereocenters. The van der Waals surface area contributed by atoms with Crippen molar-refractivity contribution < 1.29 is 23.4 Å². The number of hydrogen-bond acceptors (Lipinski definition) is 6. The zero-order valence-electron chi connectivity index (χ0n) is 20.1. The Balaban J connectivity index is 1.76. The predicted octanol–water partition coefficient (Wildman–Crippen LogP) is 6.03. The van der Waals surface area contributed by atoms with Crippen molar-refractivity contribution in [2.45, 2.75) is 27.7 Å². The highest BCUT2D eigenvalue weighted by molar-refractivity contribution is 5.93. The molecule has 1 N–H and O–H groups in total. The molecule has 1 amide bonds. The second-order valence-electron chi connectivity index (χ2n) is 8.30. The van der Waals surface area contributed by atoms with Crippen molar-refractivity contribution in [3.63, 3.8) is 0 Å². The minimum atomic E-state index is -0.118. The highest BCUT2D eigenvalue weighted by atomic mass is 16.7. The number of aryl methyl sites for hydroxylation is 2. The van der Waals surface area contributed by atoms with E-state index in [1.807, 2.05) is 75.4 Å². The second kappa shape index (κ2) is 9.18. The van der Waals surface area contributed by atoms with Gasteiger partial charge in [0.25, 0.3) is 0 Å². The van der Waals surface area contributed by atoms with Crippen molar-refractivity contribution in [3.05, 3.63) is 71.5 Å². The lowest BCUT2D eigenvalue weighted by molar-refractivity contribution is -0.114. The number of nitrogens with zero attached hydrogens (tertiary/aromatic N) is 1. The van der Waals surface area contributed by atoms with E-state index >= 15 is 0 Å². The van der Waals surface area contributed by atoms with Gasteiger partial charge in [-0.1, -0.05) is 6.07 Å². The molecule has 35 heavy (non-hydrogen) atoms. The van der Waals surface area contributed by atoms with Crippen molar-refractivity contribution >= 4 is 28.1 Å². The van der Waals surface area contributed by atoms with Crippen LogP contribution in [0, 0.1) is 13.8 Å². The molecule has 0 bridgehead atoms. The van der Waals surface area contributed by atoms with Gasteiger partial charge in [-0.15, -0.1) is 0 Å².